The van der Waals surface area contributed by atoms with Crippen molar-refractivity contribution < 1.29 is 9.47 Å². The van der Waals surface area contributed by atoms with Crippen LogP contribution in [0.4, 0.5) is 0 Å². The molecule has 0 radical (unpaired) electrons. The molecule has 1 N–H and O–H groups in total. The van der Waals surface area contributed by atoms with E-state index in [4.69, 9.17) is 9.47 Å². The van der Waals surface area contributed by atoms with Crippen LogP contribution < -0.4 is 5.32 Å². The van der Waals surface area contributed by atoms with Crippen LogP contribution in [0.25, 0.3) is 0 Å². The van der Waals surface area contributed by atoms with Crippen LogP contribution in [0.15, 0.2) is 0 Å². The summed E-state index contributed by atoms with van der Waals surface area (Å²) in [6, 6.07) is 0. The van der Waals surface area contributed by atoms with Crippen LogP contribution in [0.5, 0.6) is 0 Å². The van der Waals surface area contributed by atoms with Gasteiger partial charge in [0, 0.05) is 19.6 Å². The van der Waals surface area contributed by atoms with Crippen LogP contribution in [-0.2, 0) is 9.47 Å². The zero-order valence-corrected chi connectivity index (χ0v) is 8.58. The Morgan fingerprint density at radius 2 is 2.15 bits per heavy atom. The Kier molecular flexibility index (Phi) is 5.31. The normalized spacial score (nSPS) is 21.7. The molecule has 0 aromatic carbocycles. The number of hydrogen-bond donors (Lipinski definition) is 1. The van der Waals surface area contributed by atoms with Gasteiger partial charge in [0.25, 0.3) is 0 Å². The summed E-state index contributed by atoms with van der Waals surface area (Å²) in [6.07, 6.45) is 0.154. The predicted molar refractivity (Wildman–Crippen MR) is 51.7 cm³/mol. The quantitative estimate of drug-likeness (QED) is 0.611. The fraction of sp³-hybridized carbons (Fsp3) is 1.00. The summed E-state index contributed by atoms with van der Waals surface area (Å²) in [4.78, 5) is 2.37. The molecule has 0 amide bonds. The topological polar surface area (TPSA) is 33.7 Å². The van der Waals surface area contributed by atoms with Gasteiger partial charge in [0.1, 0.15) is 6.23 Å². The van der Waals surface area contributed by atoms with Crippen molar-refractivity contribution in [1.29, 1.82) is 0 Å². The van der Waals surface area contributed by atoms with Crippen LogP contribution in [0.3, 0.4) is 0 Å². The Morgan fingerprint density at radius 1 is 1.46 bits per heavy atom. The first-order valence-electron chi connectivity index (χ1n) is 4.92. The van der Waals surface area contributed by atoms with E-state index in [0.29, 0.717) is 0 Å². The molecule has 0 aliphatic carbocycles. The predicted octanol–water partition coefficient (Wildman–Crippen LogP) is -0.0994. The first-order chi connectivity index (χ1) is 6.33. The number of morpholine rings is 1. The van der Waals surface area contributed by atoms with Crippen molar-refractivity contribution >= 4 is 0 Å². The molecule has 13 heavy (non-hydrogen) atoms. The molecule has 1 saturated heterocycles. The number of ether oxygens (including phenoxy) is 2. The number of hydrogen-bond acceptors (Lipinski definition) is 4. The Bertz CT molecular complexity index is 127. The minimum absolute atomic E-state index is 0.154. The van der Waals surface area contributed by atoms with Crippen LogP contribution in [0.1, 0.15) is 6.92 Å². The van der Waals surface area contributed by atoms with Gasteiger partial charge in [-0.3, -0.25) is 10.2 Å². The highest BCUT2D eigenvalue weighted by atomic mass is 16.5. The standard InChI is InChI=1S/C9H20N2O2/c1-9(10-2)13-8-5-11-3-6-12-7-4-11/h9-10H,3-8H2,1-2H3. The molecule has 0 aromatic heterocycles. The summed E-state index contributed by atoms with van der Waals surface area (Å²) in [6.45, 7) is 7.62. The van der Waals surface area contributed by atoms with Gasteiger partial charge in [0.05, 0.1) is 19.8 Å². The summed E-state index contributed by atoms with van der Waals surface area (Å²) in [5, 5.41) is 3.04. The molecule has 1 unspecified atom stereocenters. The molecule has 4 nitrogen and oxygen atoms in total. The molecule has 78 valence electrons. The van der Waals surface area contributed by atoms with Gasteiger partial charge in [-0.2, -0.15) is 0 Å². The molecular weight excluding hydrogens is 168 g/mol. The van der Waals surface area contributed by atoms with Crippen molar-refractivity contribution in [1.82, 2.24) is 10.2 Å². The maximum atomic E-state index is 5.50. The van der Waals surface area contributed by atoms with Crippen molar-refractivity contribution in [2.24, 2.45) is 0 Å². The lowest BCUT2D eigenvalue weighted by atomic mass is 10.4. The summed E-state index contributed by atoms with van der Waals surface area (Å²) in [5.41, 5.74) is 0. The third-order valence-electron chi connectivity index (χ3n) is 2.29. The molecule has 1 heterocycles. The van der Waals surface area contributed by atoms with E-state index < -0.39 is 0 Å². The average molecular weight is 188 g/mol. The molecular formula is C9H20N2O2. The van der Waals surface area contributed by atoms with Crippen molar-refractivity contribution in [3.05, 3.63) is 0 Å². The largest absolute Gasteiger partial charge is 0.379 e. The van der Waals surface area contributed by atoms with Crippen LogP contribution in [0.2, 0.25) is 0 Å². The van der Waals surface area contributed by atoms with Gasteiger partial charge in [-0.05, 0) is 14.0 Å². The second kappa shape index (κ2) is 6.32. The molecule has 1 atom stereocenters. The van der Waals surface area contributed by atoms with Gasteiger partial charge in [-0.25, -0.2) is 0 Å². The van der Waals surface area contributed by atoms with Crippen molar-refractivity contribution in [2.45, 2.75) is 13.2 Å². The van der Waals surface area contributed by atoms with E-state index in [1.165, 1.54) is 0 Å². The minimum Gasteiger partial charge on any atom is -0.379 e. The van der Waals surface area contributed by atoms with Crippen molar-refractivity contribution in [2.75, 3.05) is 46.5 Å². The maximum Gasteiger partial charge on any atom is 0.105 e. The van der Waals surface area contributed by atoms with E-state index in [2.05, 4.69) is 10.2 Å². The molecule has 1 rings (SSSR count). The van der Waals surface area contributed by atoms with E-state index in [-0.39, 0.29) is 6.23 Å². The zero-order valence-electron chi connectivity index (χ0n) is 8.58. The smallest absolute Gasteiger partial charge is 0.105 e. The Morgan fingerprint density at radius 3 is 2.77 bits per heavy atom. The lowest BCUT2D eigenvalue weighted by Gasteiger charge is -2.26. The molecule has 0 aromatic rings. The minimum atomic E-state index is 0.154. The van der Waals surface area contributed by atoms with Gasteiger partial charge in [0.2, 0.25) is 0 Å². The second-order valence-corrected chi connectivity index (χ2v) is 3.26. The monoisotopic (exact) mass is 188 g/mol. The SMILES string of the molecule is CNC(C)OCCN1CCOCC1. The number of nitrogens with zero attached hydrogens (tertiary/aromatic N) is 1. The Hall–Kier alpha value is -0.160. The molecule has 1 aliphatic rings. The van der Waals surface area contributed by atoms with Gasteiger partial charge in [0.15, 0.2) is 0 Å². The molecule has 0 bridgehead atoms. The lowest BCUT2D eigenvalue weighted by molar-refractivity contribution is -0.000170. The van der Waals surface area contributed by atoms with Crippen LogP contribution in [0, 0.1) is 0 Å². The molecule has 0 saturated carbocycles. The maximum absolute atomic E-state index is 5.50. The second-order valence-electron chi connectivity index (χ2n) is 3.26. The van der Waals surface area contributed by atoms with E-state index in [0.717, 1.165) is 39.5 Å². The van der Waals surface area contributed by atoms with Crippen LogP contribution >= 0.6 is 0 Å². The number of nitrogens with one attached hydrogen (secondary N) is 1. The first kappa shape index (κ1) is 10.9. The van der Waals surface area contributed by atoms with E-state index in [1.807, 2.05) is 14.0 Å². The Balaban J connectivity index is 1.98. The highest BCUT2D eigenvalue weighted by Crippen LogP contribution is 1.96. The van der Waals surface area contributed by atoms with Gasteiger partial charge in [-0.1, -0.05) is 0 Å². The zero-order chi connectivity index (χ0) is 9.52. The molecule has 1 fully saturated rings. The number of rotatable bonds is 5. The average Bonchev–Trinajstić information content (AvgIpc) is 2.19. The van der Waals surface area contributed by atoms with Gasteiger partial charge >= 0.3 is 0 Å². The summed E-state index contributed by atoms with van der Waals surface area (Å²) >= 11 is 0. The summed E-state index contributed by atoms with van der Waals surface area (Å²) < 4.78 is 10.8. The summed E-state index contributed by atoms with van der Waals surface area (Å²) in [5.74, 6) is 0. The lowest BCUT2D eigenvalue weighted by Crippen LogP contribution is -2.39. The molecule has 0 spiro atoms. The highest BCUT2D eigenvalue weighted by Gasteiger charge is 2.09. The summed E-state index contributed by atoms with van der Waals surface area (Å²) in [7, 11) is 1.90. The van der Waals surface area contributed by atoms with Gasteiger partial charge < -0.3 is 9.47 Å². The molecule has 4 heteroatoms. The van der Waals surface area contributed by atoms with E-state index in [1.54, 1.807) is 0 Å². The van der Waals surface area contributed by atoms with E-state index >= 15 is 0 Å². The van der Waals surface area contributed by atoms with Crippen LogP contribution in [-0.4, -0.2) is 57.6 Å². The third kappa shape index (κ3) is 4.57. The third-order valence-corrected chi connectivity index (χ3v) is 2.29. The fourth-order valence-corrected chi connectivity index (χ4v) is 1.27. The highest BCUT2D eigenvalue weighted by molar-refractivity contribution is 4.61. The van der Waals surface area contributed by atoms with E-state index in [9.17, 15) is 0 Å². The van der Waals surface area contributed by atoms with Crippen molar-refractivity contribution in [3.63, 3.8) is 0 Å². The molecule has 1 aliphatic heterocycles. The van der Waals surface area contributed by atoms with Gasteiger partial charge in [-0.15, -0.1) is 0 Å². The fourth-order valence-electron chi connectivity index (χ4n) is 1.27. The first-order valence-corrected chi connectivity index (χ1v) is 4.92. The Labute approximate surface area is 80.2 Å². The van der Waals surface area contributed by atoms with Crippen molar-refractivity contribution in [3.8, 4) is 0 Å².